The van der Waals surface area contributed by atoms with Gasteiger partial charge in [-0.3, -0.25) is 4.79 Å². The molecule has 16 heavy (non-hydrogen) atoms. The van der Waals surface area contributed by atoms with Crippen LogP contribution in [0.15, 0.2) is 24.3 Å². The largest absolute Gasteiger partial charge is 0.481 e. The molecule has 1 unspecified atom stereocenters. The van der Waals surface area contributed by atoms with E-state index in [1.54, 1.807) is 0 Å². The van der Waals surface area contributed by atoms with Crippen molar-refractivity contribution in [3.8, 4) is 12.3 Å². The predicted octanol–water partition coefficient (Wildman–Crippen LogP) is 2.31. The van der Waals surface area contributed by atoms with E-state index in [1.165, 1.54) is 0 Å². The van der Waals surface area contributed by atoms with Crippen LogP contribution in [0.1, 0.15) is 24.8 Å². The van der Waals surface area contributed by atoms with Crippen LogP contribution in [0.4, 0.5) is 5.69 Å². The Labute approximate surface area is 95.5 Å². The van der Waals surface area contributed by atoms with Crippen LogP contribution in [-0.2, 0) is 4.79 Å². The fraction of sp³-hybridized carbons (Fsp3) is 0.308. The van der Waals surface area contributed by atoms with Gasteiger partial charge in [0.25, 0.3) is 0 Å². The standard InChI is InChI=1S/C13H15NO2/c1-3-9-14-11-7-5-10(6-8-11)12(4-2)13(15)16/h1,5-8,12,14H,4,9H2,2H3,(H,15,16). The van der Waals surface area contributed by atoms with Crippen LogP contribution < -0.4 is 5.32 Å². The number of hydrogen-bond donors (Lipinski definition) is 2. The van der Waals surface area contributed by atoms with E-state index in [0.717, 1.165) is 11.3 Å². The third-order valence-electron chi connectivity index (χ3n) is 2.41. The maximum Gasteiger partial charge on any atom is 0.310 e. The van der Waals surface area contributed by atoms with Crippen molar-refractivity contribution in [3.63, 3.8) is 0 Å². The molecule has 0 amide bonds. The summed E-state index contributed by atoms with van der Waals surface area (Å²) in [6.45, 7) is 2.33. The van der Waals surface area contributed by atoms with E-state index >= 15 is 0 Å². The molecule has 2 N–H and O–H groups in total. The topological polar surface area (TPSA) is 49.3 Å². The van der Waals surface area contributed by atoms with Crippen molar-refractivity contribution in [1.29, 1.82) is 0 Å². The highest BCUT2D eigenvalue weighted by atomic mass is 16.4. The molecule has 3 nitrogen and oxygen atoms in total. The van der Waals surface area contributed by atoms with E-state index in [-0.39, 0.29) is 0 Å². The van der Waals surface area contributed by atoms with Crippen molar-refractivity contribution in [2.45, 2.75) is 19.3 Å². The fourth-order valence-electron chi connectivity index (χ4n) is 1.54. The highest BCUT2D eigenvalue weighted by Gasteiger charge is 2.16. The Morgan fingerprint density at radius 3 is 2.56 bits per heavy atom. The van der Waals surface area contributed by atoms with E-state index in [1.807, 2.05) is 31.2 Å². The van der Waals surface area contributed by atoms with Gasteiger partial charge in [-0.2, -0.15) is 0 Å². The summed E-state index contributed by atoms with van der Waals surface area (Å²) in [5.74, 6) is 1.26. The van der Waals surface area contributed by atoms with Gasteiger partial charge in [0.2, 0.25) is 0 Å². The lowest BCUT2D eigenvalue weighted by atomic mass is 9.96. The zero-order valence-corrected chi connectivity index (χ0v) is 9.23. The first-order valence-electron chi connectivity index (χ1n) is 5.19. The lowest BCUT2D eigenvalue weighted by molar-refractivity contribution is -0.138. The average molecular weight is 217 g/mol. The molecule has 3 heteroatoms. The molecule has 0 saturated carbocycles. The third kappa shape index (κ3) is 3.03. The quantitative estimate of drug-likeness (QED) is 0.744. The van der Waals surface area contributed by atoms with Crippen LogP contribution in [0.5, 0.6) is 0 Å². The second-order valence-electron chi connectivity index (χ2n) is 3.48. The molecule has 0 aliphatic carbocycles. The Kier molecular flexibility index (Phi) is 4.41. The molecule has 0 radical (unpaired) electrons. The monoisotopic (exact) mass is 217 g/mol. The van der Waals surface area contributed by atoms with E-state index in [0.29, 0.717) is 13.0 Å². The number of nitrogens with one attached hydrogen (secondary N) is 1. The molecule has 1 aromatic carbocycles. The Hall–Kier alpha value is -1.95. The smallest absolute Gasteiger partial charge is 0.310 e. The van der Waals surface area contributed by atoms with E-state index in [9.17, 15) is 4.79 Å². The first-order chi connectivity index (χ1) is 7.69. The third-order valence-corrected chi connectivity index (χ3v) is 2.41. The van der Waals surface area contributed by atoms with E-state index < -0.39 is 11.9 Å². The molecule has 0 heterocycles. The molecule has 0 spiro atoms. The molecule has 0 aromatic heterocycles. The summed E-state index contributed by atoms with van der Waals surface area (Å²) >= 11 is 0. The van der Waals surface area contributed by atoms with Crippen molar-refractivity contribution >= 4 is 11.7 Å². The molecule has 0 aliphatic rings. The highest BCUT2D eigenvalue weighted by Crippen LogP contribution is 2.21. The number of carbonyl (C=O) groups is 1. The summed E-state index contributed by atoms with van der Waals surface area (Å²) in [5.41, 5.74) is 1.73. The minimum absolute atomic E-state index is 0.429. The van der Waals surface area contributed by atoms with Crippen molar-refractivity contribution in [1.82, 2.24) is 0 Å². The predicted molar refractivity (Wildman–Crippen MR) is 64.4 cm³/mol. The van der Waals surface area contributed by atoms with Crippen molar-refractivity contribution in [2.75, 3.05) is 11.9 Å². The number of anilines is 1. The number of carboxylic acids is 1. The number of carboxylic acid groups (broad SMARTS) is 1. The summed E-state index contributed by atoms with van der Waals surface area (Å²) in [7, 11) is 0. The van der Waals surface area contributed by atoms with Gasteiger partial charge in [-0.1, -0.05) is 25.0 Å². The Morgan fingerprint density at radius 2 is 2.12 bits per heavy atom. The maximum atomic E-state index is 10.9. The van der Waals surface area contributed by atoms with E-state index in [4.69, 9.17) is 11.5 Å². The summed E-state index contributed by atoms with van der Waals surface area (Å²) < 4.78 is 0. The summed E-state index contributed by atoms with van der Waals surface area (Å²) in [6, 6.07) is 7.33. The molecular formula is C13H15NO2. The SMILES string of the molecule is C#CCNc1ccc(C(CC)C(=O)O)cc1. The van der Waals surface area contributed by atoms with Gasteiger partial charge in [0.1, 0.15) is 0 Å². The number of rotatable bonds is 5. The normalized spacial score (nSPS) is 11.5. The molecule has 1 aromatic rings. The number of benzene rings is 1. The number of aliphatic carboxylic acids is 1. The van der Waals surface area contributed by atoms with Crippen molar-refractivity contribution in [2.24, 2.45) is 0 Å². The van der Waals surface area contributed by atoms with Crippen LogP contribution in [0.25, 0.3) is 0 Å². The minimum Gasteiger partial charge on any atom is -0.481 e. The molecule has 0 saturated heterocycles. The van der Waals surface area contributed by atoms with Crippen LogP contribution >= 0.6 is 0 Å². The second kappa shape index (κ2) is 5.82. The Morgan fingerprint density at radius 1 is 1.50 bits per heavy atom. The average Bonchev–Trinajstić information content (AvgIpc) is 2.28. The Bertz CT molecular complexity index is 389. The van der Waals surface area contributed by atoms with Gasteiger partial charge in [0, 0.05) is 5.69 Å². The van der Waals surface area contributed by atoms with Crippen LogP contribution in [-0.4, -0.2) is 17.6 Å². The fourth-order valence-corrected chi connectivity index (χ4v) is 1.54. The van der Waals surface area contributed by atoms with Crippen LogP contribution in [0.2, 0.25) is 0 Å². The van der Waals surface area contributed by atoms with Gasteiger partial charge in [-0.05, 0) is 24.1 Å². The van der Waals surface area contributed by atoms with Gasteiger partial charge < -0.3 is 10.4 Å². The first-order valence-corrected chi connectivity index (χ1v) is 5.19. The lowest BCUT2D eigenvalue weighted by Crippen LogP contribution is -2.10. The molecule has 1 rings (SSSR count). The lowest BCUT2D eigenvalue weighted by Gasteiger charge is -2.10. The van der Waals surface area contributed by atoms with Crippen molar-refractivity contribution < 1.29 is 9.90 Å². The molecular weight excluding hydrogens is 202 g/mol. The van der Waals surface area contributed by atoms with Crippen LogP contribution in [0, 0.1) is 12.3 Å². The van der Waals surface area contributed by atoms with Crippen LogP contribution in [0.3, 0.4) is 0 Å². The van der Waals surface area contributed by atoms with Gasteiger partial charge >= 0.3 is 5.97 Å². The van der Waals surface area contributed by atoms with Gasteiger partial charge in [-0.15, -0.1) is 6.42 Å². The minimum atomic E-state index is -0.785. The molecule has 0 fully saturated rings. The molecule has 0 bridgehead atoms. The first kappa shape index (κ1) is 12.1. The van der Waals surface area contributed by atoms with Crippen molar-refractivity contribution in [3.05, 3.63) is 29.8 Å². The van der Waals surface area contributed by atoms with Gasteiger partial charge in [-0.25, -0.2) is 0 Å². The zero-order valence-electron chi connectivity index (χ0n) is 9.23. The molecule has 84 valence electrons. The number of hydrogen-bond acceptors (Lipinski definition) is 2. The molecule has 0 aliphatic heterocycles. The van der Waals surface area contributed by atoms with Gasteiger partial charge in [0.05, 0.1) is 12.5 Å². The maximum absolute atomic E-state index is 10.9. The molecule has 1 atom stereocenters. The number of terminal acetylenes is 1. The summed E-state index contributed by atoms with van der Waals surface area (Å²) in [6.07, 6.45) is 5.72. The highest BCUT2D eigenvalue weighted by molar-refractivity contribution is 5.76. The van der Waals surface area contributed by atoms with Gasteiger partial charge in [0.15, 0.2) is 0 Å². The summed E-state index contributed by atoms with van der Waals surface area (Å²) in [5, 5.41) is 12.0. The summed E-state index contributed by atoms with van der Waals surface area (Å²) in [4.78, 5) is 10.9. The van der Waals surface area contributed by atoms with E-state index in [2.05, 4.69) is 11.2 Å². The zero-order chi connectivity index (χ0) is 12.0. The second-order valence-corrected chi connectivity index (χ2v) is 3.48. The Balaban J connectivity index is 2.77.